The monoisotopic (exact) mass is 570 g/mol. The van der Waals surface area contributed by atoms with Crippen LogP contribution in [0.5, 0.6) is 0 Å². The zero-order valence-electron chi connectivity index (χ0n) is 19.5. The quantitative estimate of drug-likeness (QED) is 0.515. The van der Waals surface area contributed by atoms with Gasteiger partial charge < -0.3 is 4.90 Å². The predicted molar refractivity (Wildman–Crippen MR) is 135 cm³/mol. The summed E-state index contributed by atoms with van der Waals surface area (Å²) in [4.78, 5) is 33.2. The standard InChI is InChI=1S/C23H30N6O2S.In.H/c1-5-17(2)21-24-22(29-10-12-31-13-11-29)19-14-18(32-23(19)25-21)15-27-6-8-28(9-7-27)16-20(30)26(3)4;;/h1-2,5,14H,6-13,15-16H2,3-4H3;;. The minimum absolute atomic E-state index is 0.175. The number of anilines is 1. The van der Waals surface area contributed by atoms with Crippen LogP contribution in [0.2, 0.25) is 0 Å². The van der Waals surface area contributed by atoms with Crippen LogP contribution in [-0.4, -0.2) is 127 Å². The number of hydrogen-bond acceptors (Lipinski definition) is 8. The summed E-state index contributed by atoms with van der Waals surface area (Å²) in [6.07, 6.45) is 2.22. The molecule has 0 aromatic carbocycles. The molecule has 2 saturated heterocycles. The number of ether oxygens (including phenoxy) is 1. The van der Waals surface area contributed by atoms with Gasteiger partial charge in [-0.05, 0) is 0 Å². The zero-order chi connectivity index (χ0) is 22.8. The molecular formula is C23H31InN6O2S. The summed E-state index contributed by atoms with van der Waals surface area (Å²) >= 11 is 0.932. The predicted octanol–water partition coefficient (Wildman–Crippen LogP) is 1.04. The van der Waals surface area contributed by atoms with E-state index in [1.165, 1.54) is 15.8 Å². The summed E-state index contributed by atoms with van der Waals surface area (Å²) < 4.78 is 10.4. The second-order valence-corrected chi connectivity index (χ2v) is 14.0. The van der Waals surface area contributed by atoms with Crippen molar-refractivity contribution >= 4 is 61.8 Å². The Morgan fingerprint density at radius 2 is 1.88 bits per heavy atom. The van der Waals surface area contributed by atoms with Gasteiger partial charge in [0.1, 0.15) is 0 Å². The van der Waals surface area contributed by atoms with Crippen LogP contribution in [0.25, 0.3) is 15.8 Å². The summed E-state index contributed by atoms with van der Waals surface area (Å²) in [6.45, 7) is 8.50. The normalized spacial score (nSPS) is 19.7. The van der Waals surface area contributed by atoms with Crippen LogP contribution in [0, 0.1) is 0 Å². The third-order valence-corrected chi connectivity index (χ3v) is 10.9. The fourth-order valence-corrected chi connectivity index (χ4v) is 8.66. The molecule has 0 spiro atoms. The molecule has 0 saturated carbocycles. The van der Waals surface area contributed by atoms with Crippen molar-refractivity contribution in [1.82, 2.24) is 24.7 Å². The summed E-state index contributed by atoms with van der Waals surface area (Å²) in [5.74, 6) is 2.11. The van der Waals surface area contributed by atoms with Crippen molar-refractivity contribution in [1.29, 1.82) is 0 Å². The van der Waals surface area contributed by atoms with Crippen molar-refractivity contribution in [3.05, 3.63) is 30.5 Å². The maximum absolute atomic E-state index is 12.0. The minimum atomic E-state index is -0.866. The van der Waals surface area contributed by atoms with Crippen molar-refractivity contribution in [3.8, 4) is 0 Å². The molecule has 2 fully saturated rings. The number of morpholine rings is 1. The molecule has 0 atom stereocenters. The van der Waals surface area contributed by atoms with Crippen LogP contribution in [0.1, 0.15) is 10.7 Å². The third kappa shape index (κ3) is 5.45. The summed E-state index contributed by atoms with van der Waals surface area (Å²) in [5, 5.41) is 1.17. The van der Waals surface area contributed by atoms with Gasteiger partial charge in [-0.15, -0.1) is 0 Å². The second-order valence-electron chi connectivity index (χ2n) is 9.04. The molecule has 8 nitrogen and oxygen atoms in total. The fraction of sp³-hybridized carbons (Fsp3) is 0.522. The molecule has 0 unspecified atom stereocenters. The first-order chi connectivity index (χ1) is 16.1. The van der Waals surface area contributed by atoms with E-state index in [1.54, 1.807) is 16.2 Å². The molecule has 33 heavy (non-hydrogen) atoms. The van der Waals surface area contributed by atoms with E-state index < -0.39 is 22.9 Å². The molecular weight excluding hydrogens is 539 g/mol. The van der Waals surface area contributed by atoms with E-state index in [9.17, 15) is 4.79 Å². The number of amides is 1. The average Bonchev–Trinajstić information content (AvgIpc) is 3.50. The van der Waals surface area contributed by atoms with Crippen LogP contribution < -0.4 is 4.90 Å². The van der Waals surface area contributed by atoms with Gasteiger partial charge in [0.25, 0.3) is 0 Å². The molecule has 10 heteroatoms. The van der Waals surface area contributed by atoms with Crippen LogP contribution in [0.15, 0.2) is 19.8 Å². The van der Waals surface area contributed by atoms with E-state index in [2.05, 4.69) is 34.5 Å². The first-order valence-electron chi connectivity index (χ1n) is 11.7. The zero-order valence-corrected chi connectivity index (χ0v) is 24.3. The molecule has 174 valence electrons. The van der Waals surface area contributed by atoms with Crippen molar-refractivity contribution < 1.29 is 9.53 Å². The van der Waals surface area contributed by atoms with E-state index in [1.807, 2.05) is 14.1 Å². The van der Waals surface area contributed by atoms with Gasteiger partial charge in [0.05, 0.1) is 6.54 Å². The van der Waals surface area contributed by atoms with Crippen LogP contribution in [-0.2, 0) is 16.1 Å². The Morgan fingerprint density at radius 1 is 1.12 bits per heavy atom. The number of carbonyl (C=O) groups excluding carboxylic acids is 1. The summed E-state index contributed by atoms with van der Waals surface area (Å²) in [6, 6.07) is 2.30. The molecule has 0 N–H and O–H groups in total. The molecule has 0 aliphatic carbocycles. The number of piperazine rings is 1. The third-order valence-electron chi connectivity index (χ3n) is 6.47. The van der Waals surface area contributed by atoms with E-state index in [4.69, 9.17) is 14.7 Å². The molecule has 2 aromatic rings. The van der Waals surface area contributed by atoms with Gasteiger partial charge in [0.2, 0.25) is 5.91 Å². The average molecular weight is 570 g/mol. The molecule has 5 heterocycles. The number of nitrogens with zero attached hydrogens (tertiary/aromatic N) is 6. The Morgan fingerprint density at radius 3 is 2.58 bits per heavy atom. The molecule has 0 radical (unpaired) electrons. The van der Waals surface area contributed by atoms with E-state index in [0.717, 1.165) is 75.5 Å². The molecule has 2 aromatic heterocycles. The number of carbonyl (C=O) groups is 1. The van der Waals surface area contributed by atoms with Crippen molar-refractivity contribution in [2.75, 3.05) is 78.0 Å². The molecule has 3 aliphatic heterocycles. The SMILES string of the molecule is CN(C)C(=O)CN1CCN(Cc2cc3c(N4CCOCC4)nc(C4=[CH][InH][CH]=C4)nc3s2)CC1. The molecule has 5 rings (SSSR count). The Kier molecular flexibility index (Phi) is 7.36. The Hall–Kier alpha value is -1.46. The number of hydrogen-bond donors (Lipinski definition) is 0. The molecule has 3 aliphatic rings. The van der Waals surface area contributed by atoms with Crippen LogP contribution in [0.3, 0.4) is 0 Å². The van der Waals surface area contributed by atoms with Gasteiger partial charge in [-0.25, -0.2) is 0 Å². The van der Waals surface area contributed by atoms with Crippen LogP contribution >= 0.6 is 11.3 Å². The number of rotatable bonds is 6. The second kappa shape index (κ2) is 10.4. The van der Waals surface area contributed by atoms with Crippen LogP contribution in [0.4, 0.5) is 5.82 Å². The van der Waals surface area contributed by atoms with Crippen molar-refractivity contribution in [2.24, 2.45) is 0 Å². The van der Waals surface area contributed by atoms with E-state index in [0.29, 0.717) is 6.54 Å². The number of allylic oxidation sites excluding steroid dienone is 2. The summed E-state index contributed by atoms with van der Waals surface area (Å²) in [5.41, 5.74) is 1.21. The number of aromatic nitrogens is 2. The molecule has 0 bridgehead atoms. The van der Waals surface area contributed by atoms with Gasteiger partial charge in [0.15, 0.2) is 0 Å². The topological polar surface area (TPSA) is 65.0 Å². The first-order valence-corrected chi connectivity index (χ1v) is 17.2. The van der Waals surface area contributed by atoms with Gasteiger partial charge in [-0.2, -0.15) is 0 Å². The summed E-state index contributed by atoms with van der Waals surface area (Å²) in [7, 11) is 3.64. The number of thiophene rings is 1. The van der Waals surface area contributed by atoms with Crippen molar-refractivity contribution in [3.63, 3.8) is 0 Å². The Labute approximate surface area is 210 Å². The van der Waals surface area contributed by atoms with Gasteiger partial charge in [0, 0.05) is 14.1 Å². The van der Waals surface area contributed by atoms with Gasteiger partial charge in [-0.3, -0.25) is 4.79 Å². The van der Waals surface area contributed by atoms with Gasteiger partial charge >= 0.3 is 175 Å². The fourth-order valence-electron chi connectivity index (χ4n) is 4.46. The maximum atomic E-state index is 12.0. The van der Waals surface area contributed by atoms with Gasteiger partial charge in [-0.1, -0.05) is 0 Å². The number of fused-ring (bicyclic) bond motifs is 1. The Balaban J connectivity index is 1.33. The Bertz CT molecular complexity index is 1070. The van der Waals surface area contributed by atoms with E-state index in [-0.39, 0.29) is 5.91 Å². The number of likely N-dealkylation sites (N-methyl/N-ethyl adjacent to an activating group) is 1. The molecule has 1 amide bonds. The van der Waals surface area contributed by atoms with Crippen molar-refractivity contribution in [2.45, 2.75) is 6.54 Å². The van der Waals surface area contributed by atoms with E-state index >= 15 is 0 Å². The first kappa shape index (κ1) is 23.3.